The van der Waals surface area contributed by atoms with E-state index in [2.05, 4.69) is 4.52 Å². The molecule has 13 heteroatoms. The van der Waals surface area contributed by atoms with E-state index in [1.807, 2.05) is 0 Å². The Hall–Kier alpha value is -2.69. The summed E-state index contributed by atoms with van der Waals surface area (Å²) >= 11 is 0. The Balaban J connectivity index is 2.75. The van der Waals surface area contributed by atoms with Gasteiger partial charge < -0.3 is 19.3 Å². The predicted molar refractivity (Wildman–Crippen MR) is 96.8 cm³/mol. The second-order valence-corrected chi connectivity index (χ2v) is 8.36. The number of rotatable bonds is 8. The zero-order valence-electron chi connectivity index (χ0n) is 16.3. The highest BCUT2D eigenvalue weighted by Crippen LogP contribution is 2.56. The Bertz CT molecular complexity index is 1000. The maximum Gasteiger partial charge on any atom is 0.518 e. The van der Waals surface area contributed by atoms with Crippen molar-refractivity contribution in [3.63, 3.8) is 0 Å². The number of benzene rings is 2. The Morgan fingerprint density at radius 2 is 1.42 bits per heavy atom. The maximum absolute atomic E-state index is 14.2. The molecule has 0 spiro atoms. The van der Waals surface area contributed by atoms with E-state index in [9.17, 15) is 41.5 Å². The molecule has 0 saturated carbocycles. The first kappa shape index (κ1) is 24.6. The van der Waals surface area contributed by atoms with Gasteiger partial charge in [0.15, 0.2) is 0 Å². The Kier molecular flexibility index (Phi) is 6.99. The van der Waals surface area contributed by atoms with Crippen LogP contribution in [0, 0.1) is 29.1 Å². The summed E-state index contributed by atoms with van der Waals surface area (Å²) in [4.78, 5) is 11.6. The average Bonchev–Trinajstić information content (AvgIpc) is 2.68. The molecule has 0 aliphatic carbocycles. The molecule has 0 radical (unpaired) electrons. The van der Waals surface area contributed by atoms with Gasteiger partial charge in [0.2, 0.25) is 40.6 Å². The van der Waals surface area contributed by atoms with E-state index in [1.165, 1.54) is 44.2 Å². The summed E-state index contributed by atoms with van der Waals surface area (Å²) in [6.07, 6.45) is 0. The van der Waals surface area contributed by atoms with Gasteiger partial charge in [0, 0.05) is 6.04 Å². The molecule has 0 aliphatic heterocycles. The number of carboxylic acids is 1. The van der Waals surface area contributed by atoms with Crippen LogP contribution in [0.4, 0.5) is 22.0 Å². The van der Waals surface area contributed by atoms with E-state index < -0.39 is 60.3 Å². The highest BCUT2D eigenvalue weighted by atomic mass is 31.2. The number of carboxylic acid groups (broad SMARTS) is 1. The van der Waals surface area contributed by atoms with Crippen molar-refractivity contribution in [3.05, 3.63) is 59.4 Å². The first-order valence-corrected chi connectivity index (χ1v) is 10.0. The van der Waals surface area contributed by atoms with E-state index in [-0.39, 0.29) is 10.4 Å². The number of aliphatic hydroxyl groups is 1. The lowest BCUT2D eigenvalue weighted by molar-refractivity contribution is -0.173. The van der Waals surface area contributed by atoms with E-state index in [0.29, 0.717) is 6.92 Å². The van der Waals surface area contributed by atoms with Crippen LogP contribution in [0.15, 0.2) is 30.3 Å². The molecule has 0 fully saturated rings. The molecule has 0 unspecified atom stereocenters. The molecule has 0 amide bonds. The fraction of sp³-hybridized carbons (Fsp3) is 0.278. The van der Waals surface area contributed by atoms with Crippen molar-refractivity contribution in [3.8, 4) is 11.5 Å². The van der Waals surface area contributed by atoms with E-state index in [1.54, 1.807) is 0 Å². The summed E-state index contributed by atoms with van der Waals surface area (Å²) in [5.41, 5.74) is -3.01. The molecule has 31 heavy (non-hydrogen) atoms. The standard InChI is InChI=1S/C18H17F5NO6P/c1-9(2)24(18(3,27)17(25)26)31(28,29-10-7-5-4-6-8-10)30-16-14(22)12(20)11(19)13(21)15(16)23/h4-9,27H,1-3H3,(H,25,26)/t18-,31+/m1/s1. The van der Waals surface area contributed by atoms with Gasteiger partial charge in [0.25, 0.3) is 0 Å². The minimum atomic E-state index is -5.35. The van der Waals surface area contributed by atoms with Crippen LogP contribution in [0.5, 0.6) is 11.5 Å². The molecule has 0 aliphatic rings. The molecule has 2 aromatic rings. The van der Waals surface area contributed by atoms with Crippen LogP contribution in [-0.2, 0) is 9.36 Å². The van der Waals surface area contributed by atoms with E-state index >= 15 is 0 Å². The monoisotopic (exact) mass is 469 g/mol. The van der Waals surface area contributed by atoms with Gasteiger partial charge in [0.05, 0.1) is 0 Å². The van der Waals surface area contributed by atoms with Crippen LogP contribution in [0.3, 0.4) is 0 Å². The van der Waals surface area contributed by atoms with Gasteiger partial charge in [-0.1, -0.05) is 18.2 Å². The van der Waals surface area contributed by atoms with Crippen LogP contribution >= 0.6 is 7.75 Å². The number of halogens is 5. The van der Waals surface area contributed by atoms with Crippen molar-refractivity contribution in [1.29, 1.82) is 0 Å². The van der Waals surface area contributed by atoms with Crippen molar-refractivity contribution in [2.24, 2.45) is 0 Å². The summed E-state index contributed by atoms with van der Waals surface area (Å²) in [6, 6.07) is 5.48. The lowest BCUT2D eigenvalue weighted by Crippen LogP contribution is -2.54. The smallest absolute Gasteiger partial charge is 0.478 e. The van der Waals surface area contributed by atoms with Crippen LogP contribution in [-0.4, -0.2) is 32.6 Å². The van der Waals surface area contributed by atoms with E-state index in [4.69, 9.17) is 4.52 Å². The third kappa shape index (κ3) is 4.65. The van der Waals surface area contributed by atoms with Crippen LogP contribution in [0.25, 0.3) is 0 Å². The number of para-hydroxylation sites is 1. The van der Waals surface area contributed by atoms with Crippen molar-refractivity contribution in [2.75, 3.05) is 0 Å². The molecule has 0 heterocycles. The zero-order chi connectivity index (χ0) is 23.7. The van der Waals surface area contributed by atoms with Gasteiger partial charge in [0.1, 0.15) is 5.75 Å². The topological polar surface area (TPSA) is 96.3 Å². The van der Waals surface area contributed by atoms with Crippen LogP contribution in [0.1, 0.15) is 20.8 Å². The van der Waals surface area contributed by atoms with Crippen LogP contribution in [0.2, 0.25) is 0 Å². The summed E-state index contributed by atoms with van der Waals surface area (Å²) < 4.78 is 92.6. The SMILES string of the molecule is CC(C)N([C@](C)(O)C(=O)O)[P@](=O)(Oc1ccccc1)Oc1c(F)c(F)c(F)c(F)c1F. The normalized spacial score (nSPS) is 15.5. The highest BCUT2D eigenvalue weighted by molar-refractivity contribution is 7.52. The minimum absolute atomic E-state index is 0.216. The lowest BCUT2D eigenvalue weighted by atomic mass is 10.2. The fourth-order valence-corrected chi connectivity index (χ4v) is 4.74. The first-order valence-electron chi connectivity index (χ1n) is 8.55. The molecule has 2 atom stereocenters. The minimum Gasteiger partial charge on any atom is -0.478 e. The second-order valence-electron chi connectivity index (χ2n) is 6.63. The molecule has 2 rings (SSSR count). The van der Waals surface area contributed by atoms with Gasteiger partial charge in [-0.15, -0.1) is 4.67 Å². The molecule has 0 saturated heterocycles. The summed E-state index contributed by atoms with van der Waals surface area (Å²) in [7, 11) is -5.35. The molecule has 170 valence electrons. The first-order chi connectivity index (χ1) is 14.2. The van der Waals surface area contributed by atoms with Gasteiger partial charge in [-0.05, 0) is 32.9 Å². The summed E-state index contributed by atoms with van der Waals surface area (Å²) in [5, 5.41) is 19.8. The summed E-state index contributed by atoms with van der Waals surface area (Å²) in [5.74, 6) is -16.4. The van der Waals surface area contributed by atoms with Gasteiger partial charge in [-0.25, -0.2) is 22.5 Å². The number of aliphatic carboxylic acids is 1. The quantitative estimate of drug-likeness (QED) is 0.194. The predicted octanol–water partition coefficient (Wildman–Crippen LogP) is 4.45. The number of hydrogen-bond acceptors (Lipinski definition) is 5. The van der Waals surface area contributed by atoms with Gasteiger partial charge in [-0.2, -0.15) is 8.78 Å². The lowest BCUT2D eigenvalue weighted by Gasteiger charge is -2.39. The van der Waals surface area contributed by atoms with Gasteiger partial charge in [-0.3, -0.25) is 0 Å². The Morgan fingerprint density at radius 1 is 0.968 bits per heavy atom. The Morgan fingerprint density at radius 3 is 1.84 bits per heavy atom. The molecule has 0 aromatic heterocycles. The fourth-order valence-electron chi connectivity index (χ4n) is 2.62. The van der Waals surface area contributed by atoms with Crippen molar-refractivity contribution in [2.45, 2.75) is 32.5 Å². The molecular formula is C18H17F5NO6P. The van der Waals surface area contributed by atoms with Crippen molar-refractivity contribution in [1.82, 2.24) is 4.67 Å². The Labute approximate surface area is 173 Å². The number of carbonyl (C=O) groups is 1. The van der Waals surface area contributed by atoms with Crippen LogP contribution < -0.4 is 9.05 Å². The largest absolute Gasteiger partial charge is 0.518 e. The molecule has 2 N–H and O–H groups in total. The molecular weight excluding hydrogens is 452 g/mol. The third-order valence-electron chi connectivity index (χ3n) is 3.94. The highest BCUT2D eigenvalue weighted by Gasteiger charge is 2.54. The van der Waals surface area contributed by atoms with Crippen molar-refractivity contribution >= 4 is 13.7 Å². The zero-order valence-corrected chi connectivity index (χ0v) is 17.2. The maximum atomic E-state index is 14.2. The number of nitrogens with zero attached hydrogens (tertiary/aromatic N) is 1. The summed E-state index contributed by atoms with van der Waals surface area (Å²) in [6.45, 7) is 3.11. The van der Waals surface area contributed by atoms with E-state index in [0.717, 1.165) is 0 Å². The second kappa shape index (κ2) is 8.81. The third-order valence-corrected chi connectivity index (χ3v) is 6.18. The van der Waals surface area contributed by atoms with Gasteiger partial charge >= 0.3 is 13.7 Å². The number of hydrogen-bond donors (Lipinski definition) is 2. The molecule has 0 bridgehead atoms. The molecule has 2 aromatic carbocycles. The average molecular weight is 469 g/mol. The molecule has 7 nitrogen and oxygen atoms in total. The van der Waals surface area contributed by atoms with Crippen molar-refractivity contribution < 1.29 is 50.6 Å².